The Balaban J connectivity index is 1.35. The fourth-order valence-corrected chi connectivity index (χ4v) is 7.05. The first-order valence-electron chi connectivity index (χ1n) is 11.2. The number of anilines is 2. The van der Waals surface area contributed by atoms with Gasteiger partial charge in [0, 0.05) is 25.3 Å². The summed E-state index contributed by atoms with van der Waals surface area (Å²) < 4.78 is 32.8. The number of sulfonamides is 1. The van der Waals surface area contributed by atoms with E-state index in [4.69, 9.17) is 4.42 Å². The average molecular weight is 500 g/mol. The summed E-state index contributed by atoms with van der Waals surface area (Å²) in [6.45, 7) is 3.42. The predicted octanol–water partition coefficient (Wildman–Crippen LogP) is 4.28. The van der Waals surface area contributed by atoms with Crippen LogP contribution in [0.2, 0.25) is 0 Å². The first-order valence-corrected chi connectivity index (χ1v) is 13.5. The van der Waals surface area contributed by atoms with Crippen molar-refractivity contribution in [2.75, 3.05) is 29.9 Å². The van der Waals surface area contributed by atoms with Crippen LogP contribution in [0, 0.1) is 6.92 Å². The molecule has 8 nitrogen and oxygen atoms in total. The van der Waals surface area contributed by atoms with Gasteiger partial charge in [-0.15, -0.1) is 11.3 Å². The van der Waals surface area contributed by atoms with Crippen LogP contribution >= 0.6 is 11.3 Å². The van der Waals surface area contributed by atoms with Crippen LogP contribution in [-0.4, -0.2) is 44.2 Å². The van der Waals surface area contributed by atoms with Crippen molar-refractivity contribution in [2.24, 2.45) is 0 Å². The molecule has 34 heavy (non-hydrogen) atoms. The molecule has 5 rings (SSSR count). The summed E-state index contributed by atoms with van der Waals surface area (Å²) in [5.41, 5.74) is 2.35. The van der Waals surface area contributed by atoms with Crippen molar-refractivity contribution in [1.29, 1.82) is 0 Å². The van der Waals surface area contributed by atoms with E-state index >= 15 is 0 Å². The van der Waals surface area contributed by atoms with E-state index in [1.54, 1.807) is 45.6 Å². The highest BCUT2D eigenvalue weighted by atomic mass is 32.2. The molecule has 1 saturated heterocycles. The minimum Gasteiger partial charge on any atom is -0.459 e. The third kappa shape index (κ3) is 4.17. The van der Waals surface area contributed by atoms with Crippen molar-refractivity contribution in [2.45, 2.75) is 37.5 Å². The van der Waals surface area contributed by atoms with Gasteiger partial charge < -0.3 is 14.6 Å². The van der Waals surface area contributed by atoms with Gasteiger partial charge in [-0.25, -0.2) is 8.42 Å². The number of fused-ring (bicyclic) bond motifs is 1. The van der Waals surface area contributed by atoms with Crippen LogP contribution < -0.4 is 10.2 Å². The Morgan fingerprint density at radius 2 is 1.85 bits per heavy atom. The van der Waals surface area contributed by atoms with E-state index in [0.29, 0.717) is 35.9 Å². The zero-order valence-corrected chi connectivity index (χ0v) is 20.4. The Hall–Kier alpha value is -2.95. The van der Waals surface area contributed by atoms with E-state index in [1.165, 1.54) is 17.6 Å². The quantitative estimate of drug-likeness (QED) is 0.565. The van der Waals surface area contributed by atoms with Gasteiger partial charge >= 0.3 is 0 Å². The third-order valence-corrected chi connectivity index (χ3v) is 9.27. The van der Waals surface area contributed by atoms with Gasteiger partial charge in [0.05, 0.1) is 21.0 Å². The molecule has 10 heteroatoms. The molecule has 1 aromatic carbocycles. The van der Waals surface area contributed by atoms with E-state index in [-0.39, 0.29) is 22.5 Å². The summed E-state index contributed by atoms with van der Waals surface area (Å²) in [4.78, 5) is 28.1. The van der Waals surface area contributed by atoms with E-state index in [2.05, 4.69) is 5.32 Å². The van der Waals surface area contributed by atoms with Gasteiger partial charge in [-0.1, -0.05) is 6.42 Å². The summed E-state index contributed by atoms with van der Waals surface area (Å²) in [5, 5.41) is 3.33. The molecule has 178 valence electrons. The molecule has 0 spiro atoms. The number of hydrogen-bond acceptors (Lipinski definition) is 6. The van der Waals surface area contributed by atoms with Crippen molar-refractivity contribution >= 4 is 43.9 Å². The van der Waals surface area contributed by atoms with Gasteiger partial charge in [0.1, 0.15) is 0 Å². The second-order valence-corrected chi connectivity index (χ2v) is 11.5. The molecule has 0 atom stereocenters. The molecule has 2 amide bonds. The Labute approximate surface area is 202 Å². The summed E-state index contributed by atoms with van der Waals surface area (Å²) in [5.74, 6) is -0.340. The van der Waals surface area contributed by atoms with Crippen LogP contribution in [0.3, 0.4) is 0 Å². The van der Waals surface area contributed by atoms with E-state index < -0.39 is 10.0 Å². The fourth-order valence-electron chi connectivity index (χ4n) is 4.46. The average Bonchev–Trinajstić information content (AvgIpc) is 3.59. The standard InChI is InChI=1S/C24H25N3O5S2/c1-16-14-21(25-23(28)20-6-5-13-32-20)33-22(16)24(29)27-12-9-17-15-18(7-8-19(17)27)34(30,31)26-10-3-2-4-11-26/h5-8,13-15H,2-4,9-12H2,1H3,(H,25,28). The first kappa shape index (κ1) is 22.8. The molecule has 2 aliphatic heterocycles. The normalized spacial score (nSPS) is 16.4. The number of aryl methyl sites for hydroxylation is 1. The molecule has 1 fully saturated rings. The van der Waals surface area contributed by atoms with Gasteiger partial charge in [0.2, 0.25) is 10.0 Å². The lowest BCUT2D eigenvalue weighted by atomic mass is 10.2. The molecular formula is C24H25N3O5S2. The van der Waals surface area contributed by atoms with Crippen molar-refractivity contribution in [3.63, 3.8) is 0 Å². The molecule has 0 saturated carbocycles. The molecule has 0 aliphatic carbocycles. The molecule has 3 aromatic rings. The van der Waals surface area contributed by atoms with Crippen LogP contribution in [0.15, 0.2) is 52.0 Å². The summed E-state index contributed by atoms with van der Waals surface area (Å²) >= 11 is 1.21. The SMILES string of the molecule is Cc1cc(NC(=O)c2ccco2)sc1C(=O)N1CCc2cc(S(=O)(=O)N3CCCCC3)ccc21. The van der Waals surface area contributed by atoms with Gasteiger partial charge in [-0.3, -0.25) is 9.59 Å². The Morgan fingerprint density at radius 3 is 2.59 bits per heavy atom. The number of amides is 2. The number of nitrogens with one attached hydrogen (secondary N) is 1. The zero-order valence-electron chi connectivity index (χ0n) is 18.7. The molecule has 4 heterocycles. The van der Waals surface area contributed by atoms with Gasteiger partial charge in [-0.05, 0) is 73.7 Å². The maximum absolute atomic E-state index is 13.4. The van der Waals surface area contributed by atoms with Crippen LogP contribution in [0.25, 0.3) is 0 Å². The predicted molar refractivity (Wildman–Crippen MR) is 130 cm³/mol. The number of hydrogen-bond donors (Lipinski definition) is 1. The van der Waals surface area contributed by atoms with Crippen molar-refractivity contribution in [3.05, 3.63) is 64.4 Å². The van der Waals surface area contributed by atoms with Crippen LogP contribution in [0.4, 0.5) is 10.7 Å². The molecular weight excluding hydrogens is 474 g/mol. The molecule has 2 aromatic heterocycles. The maximum Gasteiger partial charge on any atom is 0.291 e. The maximum atomic E-state index is 13.4. The van der Waals surface area contributed by atoms with Crippen LogP contribution in [0.1, 0.15) is 50.6 Å². The van der Waals surface area contributed by atoms with E-state index in [0.717, 1.165) is 36.1 Å². The summed E-state index contributed by atoms with van der Waals surface area (Å²) in [6.07, 6.45) is 4.85. The van der Waals surface area contributed by atoms with Crippen molar-refractivity contribution in [3.8, 4) is 0 Å². The highest BCUT2D eigenvalue weighted by Crippen LogP contribution is 2.35. The van der Waals surface area contributed by atoms with Gasteiger partial charge in [0.25, 0.3) is 11.8 Å². The Morgan fingerprint density at radius 1 is 1.06 bits per heavy atom. The number of thiophene rings is 1. The second kappa shape index (κ2) is 9.01. The smallest absolute Gasteiger partial charge is 0.291 e. The molecule has 2 aliphatic rings. The number of rotatable bonds is 5. The summed E-state index contributed by atoms with van der Waals surface area (Å²) in [7, 11) is -3.52. The Bertz CT molecular complexity index is 1340. The van der Waals surface area contributed by atoms with Gasteiger partial charge in [0.15, 0.2) is 5.76 Å². The number of carbonyl (C=O) groups excluding carboxylic acids is 2. The summed E-state index contributed by atoms with van der Waals surface area (Å²) in [6, 6.07) is 10.0. The number of carbonyl (C=O) groups is 2. The highest BCUT2D eigenvalue weighted by Gasteiger charge is 2.31. The zero-order chi connectivity index (χ0) is 23.9. The van der Waals surface area contributed by atoms with Crippen molar-refractivity contribution < 1.29 is 22.4 Å². The molecule has 1 N–H and O–H groups in total. The van der Waals surface area contributed by atoms with Crippen LogP contribution in [-0.2, 0) is 16.4 Å². The number of piperidine rings is 1. The third-order valence-electron chi connectivity index (χ3n) is 6.24. The molecule has 0 radical (unpaired) electrons. The van der Waals surface area contributed by atoms with Crippen molar-refractivity contribution in [1.82, 2.24) is 4.31 Å². The minimum atomic E-state index is -3.52. The van der Waals surface area contributed by atoms with E-state index in [1.807, 2.05) is 6.92 Å². The highest BCUT2D eigenvalue weighted by molar-refractivity contribution is 7.89. The molecule has 0 unspecified atom stereocenters. The lowest BCUT2D eigenvalue weighted by Crippen LogP contribution is -2.35. The Kier molecular flexibility index (Phi) is 6.05. The second-order valence-electron chi connectivity index (χ2n) is 8.52. The number of furan rings is 1. The lowest BCUT2D eigenvalue weighted by Gasteiger charge is -2.26. The molecule has 0 bridgehead atoms. The number of nitrogens with zero attached hydrogens (tertiary/aromatic N) is 2. The number of benzene rings is 1. The van der Waals surface area contributed by atoms with Gasteiger partial charge in [-0.2, -0.15) is 4.31 Å². The first-order chi connectivity index (χ1) is 16.3. The van der Waals surface area contributed by atoms with E-state index in [9.17, 15) is 18.0 Å². The largest absolute Gasteiger partial charge is 0.459 e. The minimum absolute atomic E-state index is 0.161. The fraction of sp³-hybridized carbons (Fsp3) is 0.333. The monoisotopic (exact) mass is 499 g/mol. The van der Waals surface area contributed by atoms with Crippen LogP contribution in [0.5, 0.6) is 0 Å². The topological polar surface area (TPSA) is 99.9 Å². The lowest BCUT2D eigenvalue weighted by molar-refractivity contribution is 0.0986.